The normalized spacial score (nSPS) is 27.4. The maximum Gasteiger partial charge on any atom is 0.334 e. The minimum absolute atomic E-state index is 0.115. The predicted octanol–water partition coefficient (Wildman–Crippen LogP) is 8.84. The van der Waals surface area contributed by atoms with Crippen molar-refractivity contribution in [1.82, 2.24) is 0 Å². The molecule has 3 aliphatic rings. The van der Waals surface area contributed by atoms with E-state index in [0.29, 0.717) is 18.4 Å². The van der Waals surface area contributed by atoms with Crippen LogP contribution in [0.3, 0.4) is 0 Å². The number of carbonyl (C=O) groups is 1. The lowest BCUT2D eigenvalue weighted by Crippen LogP contribution is -2.28. The standard InChI is InChI=1S/C37H65FO6/c1-3-4-5-6-7-8-12-15-18-31(39)26-33-20-22-35(43-33)36-23-21-34(44-36)27-32(40)19-16-13-10-9-11-14-17-30(38)25-29-24-28(2)42-37(29)41/h24,28,30-36,39-40H,3-23,25-27H2,1-2H3/t28-,30+,31-,32-,33-,34-,35-,36-/m1/s1/i38-1. The van der Waals surface area contributed by atoms with Crippen molar-refractivity contribution in [2.24, 2.45) is 0 Å². The number of carbonyl (C=O) groups excluding carboxylic acids is 1. The highest BCUT2D eigenvalue weighted by Gasteiger charge is 2.38. The van der Waals surface area contributed by atoms with Gasteiger partial charge in [0.15, 0.2) is 0 Å². The molecule has 7 heteroatoms. The summed E-state index contributed by atoms with van der Waals surface area (Å²) >= 11 is 0. The van der Waals surface area contributed by atoms with Crippen LogP contribution in [0.5, 0.6) is 0 Å². The second-order valence-corrected chi connectivity index (χ2v) is 14.1. The van der Waals surface area contributed by atoms with E-state index in [0.717, 1.165) is 89.9 Å². The molecule has 256 valence electrons. The van der Waals surface area contributed by atoms with Gasteiger partial charge in [0.25, 0.3) is 0 Å². The quantitative estimate of drug-likeness (QED) is 0.0781. The van der Waals surface area contributed by atoms with Crippen molar-refractivity contribution in [1.29, 1.82) is 0 Å². The monoisotopic (exact) mass is 623 g/mol. The minimum Gasteiger partial charge on any atom is -0.455 e. The fraction of sp³-hybridized carbons (Fsp3) is 0.919. The summed E-state index contributed by atoms with van der Waals surface area (Å²) in [7, 11) is 0. The number of alkyl halides is 1. The summed E-state index contributed by atoms with van der Waals surface area (Å²) in [4.78, 5) is 11.6. The number of esters is 1. The number of aliphatic hydroxyl groups is 2. The summed E-state index contributed by atoms with van der Waals surface area (Å²) < 4.78 is 31.9. The first kappa shape index (κ1) is 37.4. The topological polar surface area (TPSA) is 85.2 Å². The van der Waals surface area contributed by atoms with Gasteiger partial charge in [-0.1, -0.05) is 96.8 Å². The number of ether oxygens (including phenoxy) is 3. The van der Waals surface area contributed by atoms with Gasteiger partial charge in [-0.15, -0.1) is 0 Å². The van der Waals surface area contributed by atoms with Crippen molar-refractivity contribution in [3.8, 4) is 0 Å². The van der Waals surface area contributed by atoms with Crippen molar-refractivity contribution in [2.45, 2.75) is 217 Å². The zero-order chi connectivity index (χ0) is 31.6. The number of hydrogen-bond acceptors (Lipinski definition) is 6. The number of rotatable bonds is 25. The first-order valence-corrected chi connectivity index (χ1v) is 18.6. The Kier molecular flexibility index (Phi) is 18.5. The number of halogens is 1. The molecular formula is C37H65FO6. The van der Waals surface area contributed by atoms with Crippen molar-refractivity contribution in [2.75, 3.05) is 0 Å². The fourth-order valence-corrected chi connectivity index (χ4v) is 7.29. The Hall–Kier alpha value is -1.02. The summed E-state index contributed by atoms with van der Waals surface area (Å²) in [5.41, 5.74) is 0.484. The molecule has 0 aromatic carbocycles. The van der Waals surface area contributed by atoms with Gasteiger partial charge in [-0.05, 0) is 70.8 Å². The summed E-state index contributed by atoms with van der Waals surface area (Å²) in [5.74, 6) is -0.367. The third kappa shape index (κ3) is 15.0. The predicted molar refractivity (Wildman–Crippen MR) is 174 cm³/mol. The third-order valence-corrected chi connectivity index (χ3v) is 9.89. The minimum atomic E-state index is -0.976. The van der Waals surface area contributed by atoms with Gasteiger partial charge in [0.2, 0.25) is 0 Å². The van der Waals surface area contributed by atoms with Gasteiger partial charge in [0.1, 0.15) is 12.3 Å². The Morgan fingerprint density at radius 3 is 1.64 bits per heavy atom. The lowest BCUT2D eigenvalue weighted by molar-refractivity contribution is -0.139. The highest BCUT2D eigenvalue weighted by atomic mass is 18.2. The SMILES string of the molecule is CCCCCCCCCC[C@@H](O)C[C@H]1CC[C@H]([C@H]2CC[C@H](C[C@H](O)CCCCCCCC[C@H]([18F])CC3=C[C@@H](C)OC3=O)O2)O1. The largest absolute Gasteiger partial charge is 0.455 e. The van der Waals surface area contributed by atoms with E-state index in [1.165, 1.54) is 44.9 Å². The van der Waals surface area contributed by atoms with Crippen LogP contribution in [0, 0.1) is 0 Å². The van der Waals surface area contributed by atoms with E-state index in [9.17, 15) is 19.4 Å². The Morgan fingerprint density at radius 1 is 0.727 bits per heavy atom. The van der Waals surface area contributed by atoms with Crippen LogP contribution in [0.25, 0.3) is 0 Å². The molecule has 3 aliphatic heterocycles. The summed E-state index contributed by atoms with van der Waals surface area (Å²) in [6, 6.07) is 0. The van der Waals surface area contributed by atoms with E-state index in [1.807, 2.05) is 0 Å². The lowest BCUT2D eigenvalue weighted by atomic mass is 10.00. The molecule has 0 unspecified atom stereocenters. The highest BCUT2D eigenvalue weighted by molar-refractivity contribution is 5.90. The average Bonchev–Trinajstić information content (AvgIpc) is 3.72. The summed E-state index contributed by atoms with van der Waals surface area (Å²) in [6.07, 6.45) is 24.7. The lowest BCUT2D eigenvalue weighted by Gasteiger charge is -2.22. The molecule has 0 aromatic heterocycles. The molecule has 0 amide bonds. The van der Waals surface area contributed by atoms with Gasteiger partial charge in [-0.25, -0.2) is 9.18 Å². The van der Waals surface area contributed by atoms with E-state index in [-0.39, 0.29) is 55.1 Å². The Morgan fingerprint density at radius 2 is 1.18 bits per heavy atom. The van der Waals surface area contributed by atoms with Gasteiger partial charge in [-0.2, -0.15) is 0 Å². The van der Waals surface area contributed by atoms with E-state index in [1.54, 1.807) is 13.0 Å². The molecule has 6 nitrogen and oxygen atoms in total. The van der Waals surface area contributed by atoms with E-state index in [2.05, 4.69) is 6.92 Å². The second kappa shape index (κ2) is 21.7. The van der Waals surface area contributed by atoms with Crippen LogP contribution in [-0.2, 0) is 19.0 Å². The molecule has 3 heterocycles. The zero-order valence-electron chi connectivity index (χ0n) is 28.1. The molecule has 3 rings (SSSR count). The fourth-order valence-electron chi connectivity index (χ4n) is 7.29. The van der Waals surface area contributed by atoms with Crippen LogP contribution in [-0.4, -0.2) is 65.1 Å². The first-order chi connectivity index (χ1) is 21.3. The molecule has 2 fully saturated rings. The van der Waals surface area contributed by atoms with Crippen molar-refractivity contribution in [3.05, 3.63) is 11.6 Å². The molecule has 0 aromatic rings. The molecule has 0 bridgehead atoms. The average molecular weight is 624 g/mol. The first-order valence-electron chi connectivity index (χ1n) is 18.6. The van der Waals surface area contributed by atoms with Gasteiger partial charge >= 0.3 is 5.97 Å². The molecule has 0 aliphatic carbocycles. The molecule has 0 saturated carbocycles. The maximum absolute atomic E-state index is 14.2. The molecule has 44 heavy (non-hydrogen) atoms. The molecule has 2 N–H and O–H groups in total. The molecule has 0 spiro atoms. The van der Waals surface area contributed by atoms with Crippen LogP contribution in [0.15, 0.2) is 11.6 Å². The Labute approximate surface area is 267 Å². The molecular weight excluding hydrogens is 558 g/mol. The Balaban J connectivity index is 1.13. The summed E-state index contributed by atoms with van der Waals surface area (Å²) in [5, 5.41) is 21.1. The maximum atomic E-state index is 14.2. The van der Waals surface area contributed by atoms with E-state index < -0.39 is 6.17 Å². The van der Waals surface area contributed by atoms with E-state index >= 15 is 0 Å². The second-order valence-electron chi connectivity index (χ2n) is 14.1. The molecule has 8 atom stereocenters. The molecule has 2 saturated heterocycles. The highest BCUT2D eigenvalue weighted by Crippen LogP contribution is 2.34. The van der Waals surface area contributed by atoms with Crippen molar-refractivity contribution >= 4 is 5.97 Å². The smallest absolute Gasteiger partial charge is 0.334 e. The van der Waals surface area contributed by atoms with Gasteiger partial charge in [0.05, 0.1) is 36.6 Å². The van der Waals surface area contributed by atoms with Gasteiger partial charge in [-0.3, -0.25) is 0 Å². The van der Waals surface area contributed by atoms with Crippen LogP contribution in [0.4, 0.5) is 4.39 Å². The number of unbranched alkanes of at least 4 members (excludes halogenated alkanes) is 12. The van der Waals surface area contributed by atoms with Crippen LogP contribution < -0.4 is 0 Å². The van der Waals surface area contributed by atoms with Crippen LogP contribution >= 0.6 is 0 Å². The van der Waals surface area contributed by atoms with Gasteiger partial charge < -0.3 is 24.4 Å². The van der Waals surface area contributed by atoms with E-state index in [4.69, 9.17) is 14.2 Å². The Bertz CT molecular complexity index is 805. The van der Waals surface area contributed by atoms with Gasteiger partial charge in [0, 0.05) is 12.0 Å². The number of cyclic esters (lactones) is 1. The third-order valence-electron chi connectivity index (χ3n) is 9.89. The molecule has 0 radical (unpaired) electrons. The number of hydrogen-bond donors (Lipinski definition) is 2. The number of aliphatic hydroxyl groups excluding tert-OH is 2. The van der Waals surface area contributed by atoms with Crippen molar-refractivity contribution in [3.63, 3.8) is 0 Å². The zero-order valence-corrected chi connectivity index (χ0v) is 28.1. The van der Waals surface area contributed by atoms with Crippen LogP contribution in [0.2, 0.25) is 0 Å². The van der Waals surface area contributed by atoms with Crippen LogP contribution in [0.1, 0.15) is 168 Å². The summed E-state index contributed by atoms with van der Waals surface area (Å²) in [6.45, 7) is 4.05. The van der Waals surface area contributed by atoms with Crippen molar-refractivity contribution < 1.29 is 33.6 Å².